The number of rotatable bonds is 4. The molecule has 4 nitrogen and oxygen atoms in total. The van der Waals surface area contributed by atoms with Crippen molar-refractivity contribution in [3.63, 3.8) is 0 Å². The molecule has 0 aliphatic rings. The van der Waals surface area contributed by atoms with Gasteiger partial charge in [0.25, 0.3) is 0 Å². The fourth-order valence-corrected chi connectivity index (χ4v) is 2.21. The number of hydrogen-bond acceptors (Lipinski definition) is 1. The van der Waals surface area contributed by atoms with Crippen LogP contribution in [-0.2, 0) is 6.54 Å². The van der Waals surface area contributed by atoms with Gasteiger partial charge in [0.15, 0.2) is 0 Å². The summed E-state index contributed by atoms with van der Waals surface area (Å²) in [5.41, 5.74) is 1.81. The summed E-state index contributed by atoms with van der Waals surface area (Å²) in [7, 11) is 0. The number of nitrogens with zero attached hydrogens (tertiary/aromatic N) is 2. The number of benzene rings is 1. The van der Waals surface area contributed by atoms with E-state index in [2.05, 4.69) is 11.2 Å². The van der Waals surface area contributed by atoms with E-state index in [1.54, 1.807) is 4.90 Å². The molecule has 0 bridgehead atoms. The lowest BCUT2D eigenvalue weighted by Crippen LogP contribution is -2.34. The van der Waals surface area contributed by atoms with Crippen molar-refractivity contribution in [3.05, 3.63) is 30.5 Å². The normalized spacial score (nSPS) is 10.2. The van der Waals surface area contributed by atoms with Gasteiger partial charge in [-0.05, 0) is 37.4 Å². The number of aromatic nitrogens is 1. The molecule has 4 heteroatoms. The SMILES string of the molecule is C#CCn1ccc2ccc(NC(=O)N(CC)CC)cc21. The molecule has 0 fully saturated rings. The average Bonchev–Trinajstić information content (AvgIpc) is 2.83. The molecule has 0 radical (unpaired) electrons. The van der Waals surface area contributed by atoms with Crippen LogP contribution < -0.4 is 5.32 Å². The quantitative estimate of drug-likeness (QED) is 0.851. The molecule has 0 unspecified atom stereocenters. The highest BCUT2D eigenvalue weighted by Crippen LogP contribution is 2.20. The van der Waals surface area contributed by atoms with E-state index in [1.807, 2.05) is 48.9 Å². The molecular weight excluding hydrogens is 250 g/mol. The van der Waals surface area contributed by atoms with Crippen molar-refractivity contribution in [2.24, 2.45) is 0 Å². The fraction of sp³-hybridized carbons (Fsp3) is 0.312. The van der Waals surface area contributed by atoms with Crippen LogP contribution in [0.4, 0.5) is 10.5 Å². The van der Waals surface area contributed by atoms with E-state index in [4.69, 9.17) is 6.42 Å². The molecule has 0 spiro atoms. The smallest absolute Gasteiger partial charge is 0.321 e. The zero-order chi connectivity index (χ0) is 14.5. The summed E-state index contributed by atoms with van der Waals surface area (Å²) >= 11 is 0. The van der Waals surface area contributed by atoms with Gasteiger partial charge in [0, 0.05) is 25.0 Å². The van der Waals surface area contributed by atoms with Crippen LogP contribution in [-0.4, -0.2) is 28.6 Å². The standard InChI is InChI=1S/C16H19N3O/c1-4-10-19-11-9-13-7-8-14(12-15(13)19)17-16(20)18(5-2)6-3/h1,7-9,11-12H,5-6,10H2,2-3H3,(H,17,20). The summed E-state index contributed by atoms with van der Waals surface area (Å²) in [5, 5.41) is 4.03. The van der Waals surface area contributed by atoms with Crippen molar-refractivity contribution in [1.82, 2.24) is 9.47 Å². The molecule has 0 saturated carbocycles. The number of anilines is 1. The predicted octanol–water partition coefficient (Wildman–Crippen LogP) is 3.15. The first kappa shape index (κ1) is 14.0. The Bertz CT molecular complexity index is 647. The second-order valence-electron chi connectivity index (χ2n) is 4.52. The first-order valence-corrected chi connectivity index (χ1v) is 6.77. The molecule has 0 aliphatic heterocycles. The van der Waals surface area contributed by atoms with Crippen LogP contribution in [0.3, 0.4) is 0 Å². The van der Waals surface area contributed by atoms with Crippen molar-refractivity contribution in [1.29, 1.82) is 0 Å². The van der Waals surface area contributed by atoms with Crippen LogP contribution in [0.25, 0.3) is 10.9 Å². The van der Waals surface area contributed by atoms with Crippen molar-refractivity contribution in [3.8, 4) is 12.3 Å². The summed E-state index contributed by atoms with van der Waals surface area (Å²) < 4.78 is 1.99. The van der Waals surface area contributed by atoms with Crippen LogP contribution in [0.1, 0.15) is 13.8 Å². The lowest BCUT2D eigenvalue weighted by molar-refractivity contribution is 0.217. The summed E-state index contributed by atoms with van der Waals surface area (Å²) in [6, 6.07) is 7.78. The second-order valence-corrected chi connectivity index (χ2v) is 4.52. The zero-order valence-electron chi connectivity index (χ0n) is 11.9. The van der Waals surface area contributed by atoms with Gasteiger partial charge in [-0.2, -0.15) is 0 Å². The maximum Gasteiger partial charge on any atom is 0.321 e. The maximum atomic E-state index is 12.0. The lowest BCUT2D eigenvalue weighted by Gasteiger charge is -2.19. The molecule has 2 rings (SSSR count). The van der Waals surface area contributed by atoms with Crippen molar-refractivity contribution >= 4 is 22.6 Å². The minimum Gasteiger partial charge on any atom is -0.336 e. The van der Waals surface area contributed by atoms with Crippen LogP contribution in [0, 0.1) is 12.3 Å². The minimum absolute atomic E-state index is 0.0793. The van der Waals surface area contributed by atoms with Crippen molar-refractivity contribution in [2.45, 2.75) is 20.4 Å². The van der Waals surface area contributed by atoms with Crippen LogP contribution in [0.5, 0.6) is 0 Å². The Kier molecular flexibility index (Phi) is 4.31. The highest BCUT2D eigenvalue weighted by atomic mass is 16.2. The van der Waals surface area contributed by atoms with Gasteiger partial charge >= 0.3 is 6.03 Å². The van der Waals surface area contributed by atoms with Crippen LogP contribution >= 0.6 is 0 Å². The molecule has 2 amide bonds. The van der Waals surface area contributed by atoms with E-state index in [0.717, 1.165) is 16.6 Å². The molecule has 0 saturated heterocycles. The van der Waals surface area contributed by atoms with Crippen LogP contribution in [0.15, 0.2) is 30.5 Å². The Morgan fingerprint density at radius 3 is 2.75 bits per heavy atom. The summed E-state index contributed by atoms with van der Waals surface area (Å²) in [4.78, 5) is 13.8. The van der Waals surface area contributed by atoms with Gasteiger partial charge in [-0.15, -0.1) is 6.42 Å². The monoisotopic (exact) mass is 269 g/mol. The second kappa shape index (κ2) is 6.16. The molecule has 1 aromatic heterocycles. The topological polar surface area (TPSA) is 37.3 Å². The number of urea groups is 1. The van der Waals surface area contributed by atoms with Gasteiger partial charge in [0.05, 0.1) is 12.1 Å². The molecule has 104 valence electrons. The molecular formula is C16H19N3O. The largest absolute Gasteiger partial charge is 0.336 e. The predicted molar refractivity (Wildman–Crippen MR) is 82.7 cm³/mol. The van der Waals surface area contributed by atoms with Crippen LogP contribution in [0.2, 0.25) is 0 Å². The third-order valence-electron chi connectivity index (χ3n) is 3.34. The molecule has 1 aromatic carbocycles. The van der Waals surface area contributed by atoms with Gasteiger partial charge in [0.2, 0.25) is 0 Å². The highest BCUT2D eigenvalue weighted by molar-refractivity contribution is 5.92. The summed E-state index contributed by atoms with van der Waals surface area (Å²) in [6.07, 6.45) is 7.32. The first-order chi connectivity index (χ1) is 9.69. The number of terminal acetylenes is 1. The Morgan fingerprint density at radius 2 is 2.10 bits per heavy atom. The maximum absolute atomic E-state index is 12.0. The molecule has 0 atom stereocenters. The Morgan fingerprint density at radius 1 is 1.35 bits per heavy atom. The Balaban J connectivity index is 2.25. The van der Waals surface area contributed by atoms with E-state index in [9.17, 15) is 4.79 Å². The van der Waals surface area contributed by atoms with E-state index in [-0.39, 0.29) is 6.03 Å². The third kappa shape index (κ3) is 2.77. The lowest BCUT2D eigenvalue weighted by atomic mass is 10.2. The number of carbonyl (C=O) groups excluding carboxylic acids is 1. The van der Waals surface area contributed by atoms with Gasteiger partial charge < -0.3 is 14.8 Å². The number of hydrogen-bond donors (Lipinski definition) is 1. The number of nitrogens with one attached hydrogen (secondary N) is 1. The summed E-state index contributed by atoms with van der Waals surface area (Å²) in [6.45, 7) is 5.84. The number of fused-ring (bicyclic) bond motifs is 1. The first-order valence-electron chi connectivity index (χ1n) is 6.77. The Labute approximate surface area is 119 Å². The Hall–Kier alpha value is -2.41. The van der Waals surface area contributed by atoms with Gasteiger partial charge in [-0.3, -0.25) is 0 Å². The number of carbonyl (C=O) groups is 1. The highest BCUT2D eigenvalue weighted by Gasteiger charge is 2.10. The van der Waals surface area contributed by atoms with E-state index < -0.39 is 0 Å². The minimum atomic E-state index is -0.0793. The fourth-order valence-electron chi connectivity index (χ4n) is 2.21. The van der Waals surface area contributed by atoms with E-state index >= 15 is 0 Å². The zero-order valence-corrected chi connectivity index (χ0v) is 11.9. The number of amides is 2. The van der Waals surface area contributed by atoms with Crippen molar-refractivity contribution in [2.75, 3.05) is 18.4 Å². The van der Waals surface area contributed by atoms with Gasteiger partial charge in [0.1, 0.15) is 0 Å². The third-order valence-corrected chi connectivity index (χ3v) is 3.34. The van der Waals surface area contributed by atoms with E-state index in [1.165, 1.54) is 0 Å². The molecule has 20 heavy (non-hydrogen) atoms. The van der Waals surface area contributed by atoms with Gasteiger partial charge in [-0.25, -0.2) is 4.79 Å². The molecule has 0 aliphatic carbocycles. The van der Waals surface area contributed by atoms with Crippen molar-refractivity contribution < 1.29 is 4.79 Å². The molecule has 1 heterocycles. The average molecular weight is 269 g/mol. The molecule has 1 N–H and O–H groups in total. The summed E-state index contributed by atoms with van der Waals surface area (Å²) in [5.74, 6) is 2.63. The van der Waals surface area contributed by atoms with Gasteiger partial charge in [-0.1, -0.05) is 12.0 Å². The molecule has 2 aromatic rings. The van der Waals surface area contributed by atoms with E-state index in [0.29, 0.717) is 19.6 Å².